The third-order valence-electron chi connectivity index (χ3n) is 3.35. The first-order chi connectivity index (χ1) is 11.8. The summed E-state index contributed by atoms with van der Waals surface area (Å²) < 4.78 is 8.88. The van der Waals surface area contributed by atoms with Gasteiger partial charge in [0.2, 0.25) is 0 Å². The summed E-state index contributed by atoms with van der Waals surface area (Å²) in [6, 6.07) is 11.7. The number of hydrogen-bond donors (Lipinski definition) is 0. The molecule has 1 aromatic carbocycles. The smallest absolute Gasteiger partial charge is 0.191 e. The zero-order chi connectivity index (χ0) is 16.8. The van der Waals surface area contributed by atoms with Crippen molar-refractivity contribution in [3.05, 3.63) is 53.3 Å². The topological polar surface area (TPSA) is 52.8 Å². The Morgan fingerprint density at radius 1 is 1.17 bits per heavy atom. The summed E-state index contributed by atoms with van der Waals surface area (Å²) in [6.45, 7) is 3.53. The summed E-state index contributed by atoms with van der Waals surface area (Å²) in [4.78, 5) is 4.05. The molecule has 0 saturated heterocycles. The SMILES string of the molecule is CCn1c(SCCOc2cccc(Br)c2)nnc1-c1ccncc1. The van der Waals surface area contributed by atoms with E-state index in [0.717, 1.165) is 39.1 Å². The van der Waals surface area contributed by atoms with E-state index in [4.69, 9.17) is 4.74 Å². The molecule has 0 radical (unpaired) electrons. The Morgan fingerprint density at radius 2 is 2.00 bits per heavy atom. The first kappa shape index (κ1) is 17.0. The molecule has 0 bridgehead atoms. The Balaban J connectivity index is 1.60. The van der Waals surface area contributed by atoms with Crippen LogP contribution in [-0.4, -0.2) is 32.1 Å². The van der Waals surface area contributed by atoms with E-state index < -0.39 is 0 Å². The van der Waals surface area contributed by atoms with Gasteiger partial charge in [0.1, 0.15) is 5.75 Å². The van der Waals surface area contributed by atoms with E-state index in [9.17, 15) is 0 Å². The average molecular weight is 405 g/mol. The highest BCUT2D eigenvalue weighted by atomic mass is 79.9. The number of aromatic nitrogens is 4. The molecule has 0 fully saturated rings. The lowest BCUT2D eigenvalue weighted by Crippen LogP contribution is -2.03. The molecule has 0 aliphatic rings. The van der Waals surface area contributed by atoms with E-state index in [1.165, 1.54) is 0 Å². The summed E-state index contributed by atoms with van der Waals surface area (Å²) in [6.07, 6.45) is 3.53. The second-order valence-corrected chi connectivity index (χ2v) is 6.92. The fourth-order valence-electron chi connectivity index (χ4n) is 2.24. The van der Waals surface area contributed by atoms with Gasteiger partial charge in [-0.15, -0.1) is 10.2 Å². The van der Waals surface area contributed by atoms with Gasteiger partial charge in [0.25, 0.3) is 0 Å². The van der Waals surface area contributed by atoms with Crippen LogP contribution in [-0.2, 0) is 6.54 Å². The van der Waals surface area contributed by atoms with Crippen molar-refractivity contribution >= 4 is 27.7 Å². The number of halogens is 1. The van der Waals surface area contributed by atoms with Crippen LogP contribution in [0.5, 0.6) is 5.75 Å². The first-order valence-electron chi connectivity index (χ1n) is 7.62. The predicted octanol–water partition coefficient (Wildman–Crippen LogP) is 4.29. The van der Waals surface area contributed by atoms with Crippen molar-refractivity contribution in [2.24, 2.45) is 0 Å². The minimum Gasteiger partial charge on any atom is -0.493 e. The molecule has 0 spiro atoms. The van der Waals surface area contributed by atoms with Crippen molar-refractivity contribution in [3.63, 3.8) is 0 Å². The van der Waals surface area contributed by atoms with Gasteiger partial charge in [0.05, 0.1) is 6.61 Å². The molecule has 3 aromatic rings. The largest absolute Gasteiger partial charge is 0.493 e. The van der Waals surface area contributed by atoms with E-state index in [-0.39, 0.29) is 0 Å². The maximum Gasteiger partial charge on any atom is 0.191 e. The van der Waals surface area contributed by atoms with Gasteiger partial charge in [0.15, 0.2) is 11.0 Å². The van der Waals surface area contributed by atoms with Gasteiger partial charge >= 0.3 is 0 Å². The van der Waals surface area contributed by atoms with Crippen LogP contribution in [0.3, 0.4) is 0 Å². The third-order valence-corrected chi connectivity index (χ3v) is 4.78. The lowest BCUT2D eigenvalue weighted by Gasteiger charge is -2.08. The van der Waals surface area contributed by atoms with Crippen molar-refractivity contribution in [3.8, 4) is 17.1 Å². The van der Waals surface area contributed by atoms with Crippen LogP contribution in [0, 0.1) is 0 Å². The lowest BCUT2D eigenvalue weighted by molar-refractivity contribution is 0.343. The van der Waals surface area contributed by atoms with Gasteiger partial charge in [-0.25, -0.2) is 0 Å². The highest BCUT2D eigenvalue weighted by molar-refractivity contribution is 9.10. The summed E-state index contributed by atoms with van der Waals surface area (Å²) >= 11 is 5.09. The molecule has 3 rings (SSSR count). The molecule has 0 N–H and O–H groups in total. The van der Waals surface area contributed by atoms with E-state index in [2.05, 4.69) is 42.6 Å². The van der Waals surface area contributed by atoms with Crippen molar-refractivity contribution < 1.29 is 4.74 Å². The van der Waals surface area contributed by atoms with Crippen LogP contribution in [0.1, 0.15) is 6.92 Å². The maximum absolute atomic E-state index is 5.76. The van der Waals surface area contributed by atoms with Gasteiger partial charge < -0.3 is 9.30 Å². The van der Waals surface area contributed by atoms with E-state index >= 15 is 0 Å². The zero-order valence-electron chi connectivity index (χ0n) is 13.2. The molecule has 0 aliphatic carbocycles. The number of thioether (sulfide) groups is 1. The molecule has 2 aromatic heterocycles. The Kier molecular flexibility index (Phi) is 5.87. The molecule has 0 aliphatic heterocycles. The minimum absolute atomic E-state index is 0.613. The van der Waals surface area contributed by atoms with Crippen molar-refractivity contribution in [1.29, 1.82) is 0 Å². The fraction of sp³-hybridized carbons (Fsp3) is 0.235. The van der Waals surface area contributed by atoms with E-state index in [0.29, 0.717) is 6.61 Å². The second kappa shape index (κ2) is 8.30. The monoisotopic (exact) mass is 404 g/mol. The number of nitrogens with zero attached hydrogens (tertiary/aromatic N) is 4. The molecular formula is C17H17BrN4OS. The van der Waals surface area contributed by atoms with E-state index in [1.54, 1.807) is 24.2 Å². The van der Waals surface area contributed by atoms with Crippen LogP contribution in [0.2, 0.25) is 0 Å². The average Bonchev–Trinajstić information content (AvgIpc) is 3.02. The second-order valence-electron chi connectivity index (χ2n) is 4.94. The van der Waals surface area contributed by atoms with E-state index in [1.807, 2.05) is 36.4 Å². The number of pyridine rings is 1. The Labute approximate surface area is 153 Å². The third kappa shape index (κ3) is 4.15. The van der Waals surface area contributed by atoms with Gasteiger partial charge in [-0.3, -0.25) is 4.98 Å². The number of benzene rings is 1. The zero-order valence-corrected chi connectivity index (χ0v) is 15.6. The maximum atomic E-state index is 5.76. The predicted molar refractivity (Wildman–Crippen MR) is 99.3 cm³/mol. The fourth-order valence-corrected chi connectivity index (χ4v) is 3.44. The van der Waals surface area contributed by atoms with Gasteiger partial charge in [0, 0.05) is 34.7 Å². The normalized spacial score (nSPS) is 10.8. The highest BCUT2D eigenvalue weighted by Crippen LogP contribution is 2.24. The molecule has 0 unspecified atom stereocenters. The Bertz CT molecular complexity index is 794. The molecule has 2 heterocycles. The summed E-state index contributed by atoms with van der Waals surface area (Å²) in [5, 5.41) is 9.54. The molecule has 7 heteroatoms. The van der Waals surface area contributed by atoms with Crippen molar-refractivity contribution in [2.75, 3.05) is 12.4 Å². The van der Waals surface area contributed by atoms with Crippen molar-refractivity contribution in [2.45, 2.75) is 18.6 Å². The highest BCUT2D eigenvalue weighted by Gasteiger charge is 2.12. The first-order valence-corrected chi connectivity index (χ1v) is 9.40. The van der Waals surface area contributed by atoms with Gasteiger partial charge in [-0.05, 0) is 37.3 Å². The Hall–Kier alpha value is -1.86. The van der Waals surface area contributed by atoms with Crippen LogP contribution in [0.4, 0.5) is 0 Å². The van der Waals surface area contributed by atoms with Crippen LogP contribution < -0.4 is 4.74 Å². The minimum atomic E-state index is 0.613. The van der Waals surface area contributed by atoms with Crippen LogP contribution in [0.25, 0.3) is 11.4 Å². The Morgan fingerprint density at radius 3 is 2.75 bits per heavy atom. The molecular weight excluding hydrogens is 388 g/mol. The van der Waals surface area contributed by atoms with Crippen molar-refractivity contribution in [1.82, 2.24) is 19.7 Å². The summed E-state index contributed by atoms with van der Waals surface area (Å²) in [5.74, 6) is 2.54. The molecule has 0 saturated carbocycles. The van der Waals surface area contributed by atoms with Gasteiger partial charge in [-0.1, -0.05) is 33.8 Å². The van der Waals surface area contributed by atoms with Crippen LogP contribution >= 0.6 is 27.7 Å². The molecule has 124 valence electrons. The quantitative estimate of drug-likeness (QED) is 0.434. The molecule has 24 heavy (non-hydrogen) atoms. The standard InChI is InChI=1S/C17H17BrN4OS/c1-2-22-16(13-6-8-19-9-7-13)20-21-17(22)24-11-10-23-15-5-3-4-14(18)12-15/h3-9,12H,2,10-11H2,1H3. The number of hydrogen-bond acceptors (Lipinski definition) is 5. The molecule has 5 nitrogen and oxygen atoms in total. The number of ether oxygens (including phenoxy) is 1. The number of rotatable bonds is 7. The summed E-state index contributed by atoms with van der Waals surface area (Å²) in [5.41, 5.74) is 1.02. The lowest BCUT2D eigenvalue weighted by atomic mass is 10.2. The molecule has 0 amide bonds. The van der Waals surface area contributed by atoms with Crippen LogP contribution in [0.15, 0.2) is 58.4 Å². The summed E-state index contributed by atoms with van der Waals surface area (Å²) in [7, 11) is 0. The molecule has 0 atom stereocenters. The van der Waals surface area contributed by atoms with Gasteiger partial charge in [-0.2, -0.15) is 0 Å².